The molecule has 0 unspecified atom stereocenters. The summed E-state index contributed by atoms with van der Waals surface area (Å²) in [5, 5.41) is 6.54. The van der Waals surface area contributed by atoms with Gasteiger partial charge in [-0.3, -0.25) is 4.98 Å². The molecule has 0 radical (unpaired) electrons. The number of hydrogen-bond acceptors (Lipinski definition) is 5. The molecule has 158 valence electrons. The monoisotopic (exact) mass is 484 g/mol. The van der Waals surface area contributed by atoms with Crippen molar-refractivity contribution in [1.29, 1.82) is 0 Å². The van der Waals surface area contributed by atoms with Crippen LogP contribution >= 0.6 is 15.9 Å². The number of halogens is 3. The van der Waals surface area contributed by atoms with Gasteiger partial charge in [-0.25, -0.2) is 18.3 Å². The molecule has 3 atom stereocenters. The van der Waals surface area contributed by atoms with E-state index in [0.29, 0.717) is 6.04 Å². The van der Waals surface area contributed by atoms with E-state index in [2.05, 4.69) is 53.0 Å². The van der Waals surface area contributed by atoms with E-state index in [0.717, 1.165) is 52.3 Å². The fourth-order valence-corrected chi connectivity index (χ4v) is 6.01. The molecular formula is C22H19BrF2N6. The molecule has 31 heavy (non-hydrogen) atoms. The van der Waals surface area contributed by atoms with Crippen molar-refractivity contribution in [2.75, 3.05) is 4.90 Å². The third kappa shape index (κ3) is 2.93. The summed E-state index contributed by atoms with van der Waals surface area (Å²) in [6, 6.07) is 8.31. The summed E-state index contributed by atoms with van der Waals surface area (Å²) in [6.07, 6.45) is 6.45. The summed E-state index contributed by atoms with van der Waals surface area (Å²) in [5.74, 6) is 0.289. The SMILES string of the molecule is FC(F)c1cc([C@H]2CC[C@H]3CC[C@@H]2N3c2c(Br)ccc3ccncc23)n2ncnc2n1. The number of benzene rings is 1. The molecule has 0 saturated carbocycles. The fraction of sp³-hybridized carbons (Fsp3) is 0.364. The Bertz CT molecular complexity index is 1290. The lowest BCUT2D eigenvalue weighted by Crippen LogP contribution is -2.44. The Hall–Kier alpha value is -2.68. The predicted octanol–water partition coefficient (Wildman–Crippen LogP) is 5.29. The molecule has 9 heteroatoms. The Balaban J connectivity index is 1.51. The Morgan fingerprint density at radius 3 is 2.84 bits per heavy atom. The molecule has 1 aromatic carbocycles. The lowest BCUT2D eigenvalue weighted by molar-refractivity contribution is 0.146. The molecule has 2 bridgehead atoms. The van der Waals surface area contributed by atoms with Gasteiger partial charge < -0.3 is 4.90 Å². The van der Waals surface area contributed by atoms with Crippen LogP contribution in [0.4, 0.5) is 14.5 Å². The van der Waals surface area contributed by atoms with Crippen LogP contribution in [-0.4, -0.2) is 36.6 Å². The van der Waals surface area contributed by atoms with Crippen LogP contribution in [0, 0.1) is 0 Å². The highest BCUT2D eigenvalue weighted by Gasteiger charge is 2.45. The molecule has 2 aliphatic heterocycles. The van der Waals surface area contributed by atoms with Gasteiger partial charge in [0, 0.05) is 40.3 Å². The van der Waals surface area contributed by atoms with Crippen molar-refractivity contribution in [3.05, 3.63) is 58.8 Å². The molecule has 5 heterocycles. The standard InChI is InChI=1S/C22H19BrF2N6/c23-16-5-1-12-7-8-26-10-15(12)20(16)30-13-2-4-14(18(30)6-3-13)19-9-17(21(24)25)29-22-27-11-28-31(19)22/h1,5,7-11,13-14,18,21H,2-4,6H2/t13-,14-,18-/m0/s1. The van der Waals surface area contributed by atoms with Crippen molar-refractivity contribution in [1.82, 2.24) is 24.6 Å². The van der Waals surface area contributed by atoms with Crippen LogP contribution < -0.4 is 4.90 Å². The summed E-state index contributed by atoms with van der Waals surface area (Å²) in [7, 11) is 0. The molecule has 0 spiro atoms. The minimum absolute atomic E-state index is 0.0577. The van der Waals surface area contributed by atoms with Gasteiger partial charge in [-0.1, -0.05) is 6.07 Å². The summed E-state index contributed by atoms with van der Waals surface area (Å²) >= 11 is 3.77. The lowest BCUT2D eigenvalue weighted by atomic mass is 9.86. The van der Waals surface area contributed by atoms with Gasteiger partial charge in [-0.2, -0.15) is 10.1 Å². The van der Waals surface area contributed by atoms with E-state index in [1.54, 1.807) is 10.7 Å². The second-order valence-corrected chi connectivity index (χ2v) is 9.12. The molecule has 6 rings (SSSR count). The maximum atomic E-state index is 13.6. The van der Waals surface area contributed by atoms with Crippen LogP contribution in [0.2, 0.25) is 0 Å². The molecule has 2 fully saturated rings. The number of alkyl halides is 2. The molecule has 0 amide bonds. The van der Waals surface area contributed by atoms with Gasteiger partial charge in [0.25, 0.3) is 12.2 Å². The Labute approximate surface area is 185 Å². The highest BCUT2D eigenvalue weighted by Crippen LogP contribution is 2.49. The highest BCUT2D eigenvalue weighted by atomic mass is 79.9. The quantitative estimate of drug-likeness (QED) is 0.395. The molecule has 0 aliphatic carbocycles. The van der Waals surface area contributed by atoms with Crippen molar-refractivity contribution in [2.45, 2.75) is 50.1 Å². The zero-order valence-electron chi connectivity index (χ0n) is 16.5. The molecule has 2 saturated heterocycles. The zero-order chi connectivity index (χ0) is 21.1. The first kappa shape index (κ1) is 19.0. The Morgan fingerprint density at radius 1 is 1.10 bits per heavy atom. The third-order valence-corrected chi connectivity index (χ3v) is 7.37. The van der Waals surface area contributed by atoms with E-state index < -0.39 is 6.43 Å². The number of anilines is 1. The molecule has 0 N–H and O–H groups in total. The van der Waals surface area contributed by atoms with Crippen molar-refractivity contribution in [2.24, 2.45) is 0 Å². The van der Waals surface area contributed by atoms with Crippen LogP contribution in [0.3, 0.4) is 0 Å². The number of aromatic nitrogens is 5. The molecule has 2 aliphatic rings. The van der Waals surface area contributed by atoms with Crippen LogP contribution in [-0.2, 0) is 0 Å². The smallest absolute Gasteiger partial charge is 0.280 e. The minimum Gasteiger partial charge on any atom is -0.363 e. The zero-order valence-corrected chi connectivity index (χ0v) is 18.1. The molecular weight excluding hydrogens is 466 g/mol. The second-order valence-electron chi connectivity index (χ2n) is 8.26. The number of fused-ring (bicyclic) bond motifs is 4. The van der Waals surface area contributed by atoms with Gasteiger partial charge in [0.2, 0.25) is 0 Å². The van der Waals surface area contributed by atoms with Crippen molar-refractivity contribution in [3.8, 4) is 0 Å². The Morgan fingerprint density at radius 2 is 1.97 bits per heavy atom. The summed E-state index contributed by atoms with van der Waals surface area (Å²) in [5.41, 5.74) is 1.67. The molecule has 4 aromatic rings. The van der Waals surface area contributed by atoms with Gasteiger partial charge in [-0.05, 0) is 65.2 Å². The first-order chi connectivity index (χ1) is 15.1. The van der Waals surface area contributed by atoms with E-state index in [-0.39, 0.29) is 23.4 Å². The second kappa shape index (κ2) is 7.19. The first-order valence-electron chi connectivity index (χ1n) is 10.4. The maximum absolute atomic E-state index is 13.6. The van der Waals surface area contributed by atoms with Gasteiger partial charge in [-0.15, -0.1) is 0 Å². The van der Waals surface area contributed by atoms with E-state index in [9.17, 15) is 8.78 Å². The van der Waals surface area contributed by atoms with Crippen molar-refractivity contribution >= 4 is 38.2 Å². The fourth-order valence-electron chi connectivity index (χ4n) is 5.46. The highest BCUT2D eigenvalue weighted by molar-refractivity contribution is 9.10. The largest absolute Gasteiger partial charge is 0.363 e. The Kier molecular flexibility index (Phi) is 4.41. The molecule has 6 nitrogen and oxygen atoms in total. The number of piperidine rings is 1. The van der Waals surface area contributed by atoms with Crippen LogP contribution in [0.25, 0.3) is 16.6 Å². The van der Waals surface area contributed by atoms with Gasteiger partial charge in [0.1, 0.15) is 12.0 Å². The number of nitrogens with zero attached hydrogens (tertiary/aromatic N) is 6. The van der Waals surface area contributed by atoms with Crippen LogP contribution in [0.1, 0.15) is 49.4 Å². The summed E-state index contributed by atoms with van der Waals surface area (Å²) in [6.45, 7) is 0. The summed E-state index contributed by atoms with van der Waals surface area (Å²) < 4.78 is 29.8. The number of pyridine rings is 1. The topological polar surface area (TPSA) is 59.2 Å². The normalized spacial score (nSPS) is 23.4. The predicted molar refractivity (Wildman–Crippen MR) is 116 cm³/mol. The van der Waals surface area contributed by atoms with E-state index >= 15 is 0 Å². The lowest BCUT2D eigenvalue weighted by Gasteiger charge is -2.42. The maximum Gasteiger partial charge on any atom is 0.280 e. The van der Waals surface area contributed by atoms with Gasteiger partial charge in [0.15, 0.2) is 0 Å². The van der Waals surface area contributed by atoms with E-state index in [4.69, 9.17) is 0 Å². The van der Waals surface area contributed by atoms with Gasteiger partial charge in [0.05, 0.1) is 11.4 Å². The minimum atomic E-state index is -2.64. The average Bonchev–Trinajstić information content (AvgIpc) is 3.36. The van der Waals surface area contributed by atoms with Gasteiger partial charge >= 0.3 is 0 Å². The van der Waals surface area contributed by atoms with Crippen LogP contribution in [0.15, 0.2) is 47.5 Å². The van der Waals surface area contributed by atoms with Crippen molar-refractivity contribution < 1.29 is 8.78 Å². The number of hydrogen-bond donors (Lipinski definition) is 0. The van der Waals surface area contributed by atoms with E-state index in [1.807, 2.05) is 12.3 Å². The molecule has 3 aromatic heterocycles. The van der Waals surface area contributed by atoms with Crippen molar-refractivity contribution in [3.63, 3.8) is 0 Å². The first-order valence-corrected chi connectivity index (χ1v) is 11.2. The van der Waals surface area contributed by atoms with Crippen LogP contribution in [0.5, 0.6) is 0 Å². The summed E-state index contributed by atoms with van der Waals surface area (Å²) in [4.78, 5) is 14.9. The van der Waals surface area contributed by atoms with E-state index in [1.165, 1.54) is 12.4 Å². The third-order valence-electron chi connectivity index (χ3n) is 6.73. The average molecular weight is 485 g/mol. The number of rotatable bonds is 3.